The SMILES string of the molecule is COC(=O)c1ccc(C(C)NCCO)o1. The van der Waals surface area contributed by atoms with E-state index >= 15 is 0 Å². The van der Waals surface area contributed by atoms with Crippen LogP contribution in [-0.4, -0.2) is 31.3 Å². The fourth-order valence-electron chi connectivity index (χ4n) is 1.18. The van der Waals surface area contributed by atoms with Gasteiger partial charge in [-0.15, -0.1) is 0 Å². The van der Waals surface area contributed by atoms with Crippen LogP contribution in [0.15, 0.2) is 16.5 Å². The van der Waals surface area contributed by atoms with Crippen molar-refractivity contribution in [2.75, 3.05) is 20.3 Å². The number of carbonyl (C=O) groups excluding carboxylic acids is 1. The third-order valence-corrected chi connectivity index (χ3v) is 2.00. The number of ether oxygens (including phenoxy) is 1. The van der Waals surface area contributed by atoms with Gasteiger partial charge in [0.15, 0.2) is 0 Å². The Morgan fingerprint density at radius 3 is 3.00 bits per heavy atom. The maximum absolute atomic E-state index is 11.1. The highest BCUT2D eigenvalue weighted by Crippen LogP contribution is 2.16. The molecular formula is C10H15NO4. The van der Waals surface area contributed by atoms with Crippen molar-refractivity contribution in [3.8, 4) is 0 Å². The molecule has 5 nitrogen and oxygen atoms in total. The van der Waals surface area contributed by atoms with E-state index < -0.39 is 5.97 Å². The summed E-state index contributed by atoms with van der Waals surface area (Å²) in [6.45, 7) is 2.43. The predicted molar refractivity (Wildman–Crippen MR) is 53.6 cm³/mol. The van der Waals surface area contributed by atoms with Crippen molar-refractivity contribution >= 4 is 5.97 Å². The molecule has 0 bridgehead atoms. The molecule has 0 aliphatic carbocycles. The normalized spacial score (nSPS) is 12.5. The van der Waals surface area contributed by atoms with Gasteiger partial charge in [0.1, 0.15) is 5.76 Å². The largest absolute Gasteiger partial charge is 0.463 e. The molecule has 0 aliphatic rings. The molecule has 1 atom stereocenters. The average molecular weight is 213 g/mol. The number of nitrogens with one attached hydrogen (secondary N) is 1. The van der Waals surface area contributed by atoms with Gasteiger partial charge in [-0.25, -0.2) is 4.79 Å². The smallest absolute Gasteiger partial charge is 0.373 e. The van der Waals surface area contributed by atoms with E-state index in [4.69, 9.17) is 9.52 Å². The molecule has 0 radical (unpaired) electrons. The topological polar surface area (TPSA) is 71.7 Å². The van der Waals surface area contributed by atoms with Gasteiger partial charge in [0, 0.05) is 6.54 Å². The van der Waals surface area contributed by atoms with Gasteiger partial charge in [0.25, 0.3) is 0 Å². The van der Waals surface area contributed by atoms with E-state index in [2.05, 4.69) is 10.1 Å². The lowest BCUT2D eigenvalue weighted by Crippen LogP contribution is -2.21. The van der Waals surface area contributed by atoms with Gasteiger partial charge in [0.05, 0.1) is 19.8 Å². The van der Waals surface area contributed by atoms with Crippen LogP contribution in [0.4, 0.5) is 0 Å². The molecule has 1 heterocycles. The first-order valence-electron chi connectivity index (χ1n) is 4.71. The molecule has 0 spiro atoms. The zero-order valence-electron chi connectivity index (χ0n) is 8.82. The summed E-state index contributed by atoms with van der Waals surface area (Å²) >= 11 is 0. The van der Waals surface area contributed by atoms with E-state index in [1.165, 1.54) is 7.11 Å². The van der Waals surface area contributed by atoms with Crippen LogP contribution in [0.25, 0.3) is 0 Å². The van der Waals surface area contributed by atoms with Gasteiger partial charge in [-0.1, -0.05) is 0 Å². The van der Waals surface area contributed by atoms with E-state index in [0.29, 0.717) is 12.3 Å². The molecule has 1 unspecified atom stereocenters. The van der Waals surface area contributed by atoms with E-state index in [1.807, 2.05) is 6.92 Å². The van der Waals surface area contributed by atoms with Crippen LogP contribution in [0.1, 0.15) is 29.3 Å². The molecule has 1 aromatic rings. The summed E-state index contributed by atoms with van der Waals surface area (Å²) in [5.74, 6) is 0.338. The zero-order valence-corrected chi connectivity index (χ0v) is 8.82. The van der Waals surface area contributed by atoms with E-state index in [-0.39, 0.29) is 18.4 Å². The highest BCUT2D eigenvalue weighted by Gasteiger charge is 2.14. The monoisotopic (exact) mass is 213 g/mol. The first-order valence-corrected chi connectivity index (χ1v) is 4.71. The van der Waals surface area contributed by atoms with Crippen molar-refractivity contribution in [2.45, 2.75) is 13.0 Å². The summed E-state index contributed by atoms with van der Waals surface area (Å²) in [5, 5.41) is 11.6. The molecule has 2 N–H and O–H groups in total. The fourth-order valence-corrected chi connectivity index (χ4v) is 1.18. The lowest BCUT2D eigenvalue weighted by molar-refractivity contribution is 0.0562. The highest BCUT2D eigenvalue weighted by molar-refractivity contribution is 5.86. The van der Waals surface area contributed by atoms with Gasteiger partial charge in [-0.3, -0.25) is 0 Å². The summed E-state index contributed by atoms with van der Waals surface area (Å²) in [4.78, 5) is 11.1. The Morgan fingerprint density at radius 2 is 2.40 bits per heavy atom. The number of aliphatic hydroxyl groups excluding tert-OH is 1. The Morgan fingerprint density at radius 1 is 1.67 bits per heavy atom. The quantitative estimate of drug-likeness (QED) is 0.705. The second-order valence-electron chi connectivity index (χ2n) is 3.09. The molecule has 0 amide bonds. The number of carbonyl (C=O) groups is 1. The van der Waals surface area contributed by atoms with Crippen LogP contribution in [0.3, 0.4) is 0 Å². The maximum atomic E-state index is 11.1. The number of hydrogen-bond donors (Lipinski definition) is 2. The molecule has 15 heavy (non-hydrogen) atoms. The summed E-state index contributed by atoms with van der Waals surface area (Å²) in [7, 11) is 1.30. The first-order chi connectivity index (χ1) is 7.19. The van der Waals surface area contributed by atoms with Crippen LogP contribution in [-0.2, 0) is 4.74 Å². The number of rotatable bonds is 5. The van der Waals surface area contributed by atoms with Crippen LogP contribution in [0.5, 0.6) is 0 Å². The second kappa shape index (κ2) is 5.53. The van der Waals surface area contributed by atoms with Crippen LogP contribution >= 0.6 is 0 Å². The number of furan rings is 1. The van der Waals surface area contributed by atoms with Gasteiger partial charge in [-0.05, 0) is 19.1 Å². The minimum absolute atomic E-state index is 0.0458. The van der Waals surface area contributed by atoms with E-state index in [0.717, 1.165) is 0 Å². The van der Waals surface area contributed by atoms with E-state index in [9.17, 15) is 4.79 Å². The van der Waals surface area contributed by atoms with E-state index in [1.54, 1.807) is 12.1 Å². The standard InChI is InChI=1S/C10H15NO4/c1-7(11-5-6-12)8-3-4-9(15-8)10(13)14-2/h3-4,7,11-12H,5-6H2,1-2H3. The third kappa shape index (κ3) is 3.07. The number of esters is 1. The molecule has 5 heteroatoms. The molecule has 1 aromatic heterocycles. The summed E-state index contributed by atoms with van der Waals surface area (Å²) in [6, 6.07) is 3.23. The van der Waals surface area contributed by atoms with Gasteiger partial charge < -0.3 is 19.6 Å². The molecule has 0 aromatic carbocycles. The van der Waals surface area contributed by atoms with Gasteiger partial charge in [0.2, 0.25) is 5.76 Å². The van der Waals surface area contributed by atoms with Gasteiger partial charge >= 0.3 is 5.97 Å². The molecule has 0 aliphatic heterocycles. The molecule has 0 saturated heterocycles. The Balaban J connectivity index is 2.62. The number of hydrogen-bond acceptors (Lipinski definition) is 5. The number of methoxy groups -OCH3 is 1. The van der Waals surface area contributed by atoms with Crippen molar-refractivity contribution in [2.24, 2.45) is 0 Å². The lowest BCUT2D eigenvalue weighted by Gasteiger charge is -2.09. The van der Waals surface area contributed by atoms with Crippen LogP contribution in [0.2, 0.25) is 0 Å². The second-order valence-corrected chi connectivity index (χ2v) is 3.09. The Kier molecular flexibility index (Phi) is 4.33. The first kappa shape index (κ1) is 11.7. The molecule has 1 rings (SSSR count). The minimum atomic E-state index is -0.490. The van der Waals surface area contributed by atoms with Crippen molar-refractivity contribution < 1.29 is 19.1 Å². The summed E-state index contributed by atoms with van der Waals surface area (Å²) in [5.41, 5.74) is 0. The van der Waals surface area contributed by atoms with Crippen LogP contribution in [0, 0.1) is 0 Å². The van der Waals surface area contributed by atoms with Crippen LogP contribution < -0.4 is 5.32 Å². The van der Waals surface area contributed by atoms with Crippen molar-refractivity contribution in [1.29, 1.82) is 0 Å². The lowest BCUT2D eigenvalue weighted by atomic mass is 10.2. The highest BCUT2D eigenvalue weighted by atomic mass is 16.5. The Labute approximate surface area is 88.0 Å². The van der Waals surface area contributed by atoms with Crippen molar-refractivity contribution in [3.63, 3.8) is 0 Å². The maximum Gasteiger partial charge on any atom is 0.373 e. The molecule has 84 valence electrons. The number of aliphatic hydroxyl groups is 1. The predicted octanol–water partition coefficient (Wildman–Crippen LogP) is 0.709. The minimum Gasteiger partial charge on any atom is -0.463 e. The molecule has 0 saturated carbocycles. The Bertz CT molecular complexity index is 321. The zero-order chi connectivity index (χ0) is 11.3. The summed E-state index contributed by atoms with van der Waals surface area (Å²) in [6.07, 6.45) is 0. The molecule has 0 fully saturated rings. The summed E-state index contributed by atoms with van der Waals surface area (Å²) < 4.78 is 9.79. The Hall–Kier alpha value is -1.33. The van der Waals surface area contributed by atoms with Gasteiger partial charge in [-0.2, -0.15) is 0 Å². The average Bonchev–Trinajstić information content (AvgIpc) is 2.74. The van der Waals surface area contributed by atoms with Crippen molar-refractivity contribution in [3.05, 3.63) is 23.7 Å². The fraction of sp³-hybridized carbons (Fsp3) is 0.500. The molecular weight excluding hydrogens is 198 g/mol. The van der Waals surface area contributed by atoms with Crippen molar-refractivity contribution in [1.82, 2.24) is 5.32 Å². The third-order valence-electron chi connectivity index (χ3n) is 2.00.